The van der Waals surface area contributed by atoms with Gasteiger partial charge in [-0.2, -0.15) is 4.98 Å². The summed E-state index contributed by atoms with van der Waals surface area (Å²) in [4.78, 5) is 34.4. The van der Waals surface area contributed by atoms with Gasteiger partial charge in [-0.3, -0.25) is 9.59 Å². The largest absolute Gasteiger partial charge is 0.437 e. The van der Waals surface area contributed by atoms with E-state index >= 15 is 0 Å². The fourth-order valence-electron chi connectivity index (χ4n) is 3.04. The molecule has 2 heterocycles. The number of ether oxygens (including phenoxy) is 1. The Balaban J connectivity index is 1.62. The SMILES string of the molecule is C=CC(=O)Nc1cccc(Oc2nc(Nc3ccc(C(=O)N(C)C)c(Cl)c3)nc3ccsc23)c1. The van der Waals surface area contributed by atoms with Crippen LogP contribution in [0, 0.1) is 0 Å². The van der Waals surface area contributed by atoms with Gasteiger partial charge in [0.1, 0.15) is 10.4 Å². The van der Waals surface area contributed by atoms with Crippen LogP contribution in [0.5, 0.6) is 11.6 Å². The molecule has 0 saturated heterocycles. The first kappa shape index (κ1) is 23.2. The van der Waals surface area contributed by atoms with E-state index in [1.54, 1.807) is 56.6 Å². The molecule has 0 fully saturated rings. The third-order valence-corrected chi connectivity index (χ3v) is 5.84. The molecule has 0 radical (unpaired) electrons. The molecule has 2 aromatic carbocycles. The van der Waals surface area contributed by atoms with Crippen LogP contribution in [0.25, 0.3) is 10.2 Å². The molecule has 8 nitrogen and oxygen atoms in total. The van der Waals surface area contributed by atoms with Crippen molar-refractivity contribution < 1.29 is 14.3 Å². The van der Waals surface area contributed by atoms with Gasteiger partial charge in [0.25, 0.3) is 5.91 Å². The highest BCUT2D eigenvalue weighted by Gasteiger charge is 2.15. The molecule has 2 N–H and O–H groups in total. The van der Waals surface area contributed by atoms with Crippen molar-refractivity contribution in [2.75, 3.05) is 24.7 Å². The summed E-state index contributed by atoms with van der Waals surface area (Å²) >= 11 is 7.78. The summed E-state index contributed by atoms with van der Waals surface area (Å²) in [6.07, 6.45) is 1.19. The van der Waals surface area contributed by atoms with Crippen molar-refractivity contribution >= 4 is 62.3 Å². The number of nitrogens with zero attached hydrogens (tertiary/aromatic N) is 3. The minimum Gasteiger partial charge on any atom is -0.437 e. The summed E-state index contributed by atoms with van der Waals surface area (Å²) in [5.41, 5.74) is 2.30. The highest BCUT2D eigenvalue weighted by Crippen LogP contribution is 2.34. The van der Waals surface area contributed by atoms with Crippen LogP contribution >= 0.6 is 22.9 Å². The Morgan fingerprint density at radius 1 is 1.12 bits per heavy atom. The lowest BCUT2D eigenvalue weighted by Crippen LogP contribution is -2.21. The molecule has 0 bridgehead atoms. The molecule has 2 aromatic heterocycles. The zero-order valence-corrected chi connectivity index (χ0v) is 19.9. The summed E-state index contributed by atoms with van der Waals surface area (Å²) in [5, 5.41) is 8.03. The Kier molecular flexibility index (Phi) is 6.76. The molecule has 0 spiro atoms. The van der Waals surface area contributed by atoms with Crippen LogP contribution in [0.2, 0.25) is 5.02 Å². The van der Waals surface area contributed by atoms with Crippen LogP contribution in [-0.2, 0) is 4.79 Å². The number of anilines is 3. The second-order valence-corrected chi connectivity index (χ2v) is 8.65. The van der Waals surface area contributed by atoms with Crippen molar-refractivity contribution in [3.8, 4) is 11.6 Å². The van der Waals surface area contributed by atoms with Crippen LogP contribution in [0.3, 0.4) is 0 Å². The number of nitrogens with one attached hydrogen (secondary N) is 2. The molecule has 0 atom stereocenters. The van der Waals surface area contributed by atoms with Crippen molar-refractivity contribution in [1.82, 2.24) is 14.9 Å². The molecule has 0 saturated carbocycles. The third kappa shape index (κ3) is 5.16. The molecule has 4 aromatic rings. The lowest BCUT2D eigenvalue weighted by molar-refractivity contribution is -0.111. The molecule has 0 unspecified atom stereocenters. The Morgan fingerprint density at radius 2 is 1.94 bits per heavy atom. The van der Waals surface area contributed by atoms with E-state index in [1.807, 2.05) is 11.4 Å². The van der Waals surface area contributed by atoms with Gasteiger partial charge >= 0.3 is 0 Å². The first-order valence-electron chi connectivity index (χ1n) is 10.1. The van der Waals surface area contributed by atoms with Gasteiger partial charge in [-0.05, 0) is 47.9 Å². The second kappa shape index (κ2) is 9.90. The standard InChI is InChI=1S/C24H20ClN5O3S/c1-4-20(31)26-14-6-5-7-16(12-14)33-22-21-19(10-11-34-21)28-24(29-22)27-15-8-9-17(18(25)13-15)23(32)30(2)3/h4-13H,1H2,2-3H3,(H,26,31)(H,27,28,29). The second-order valence-electron chi connectivity index (χ2n) is 7.33. The van der Waals surface area contributed by atoms with Crippen molar-refractivity contribution in [2.45, 2.75) is 0 Å². The molecule has 4 rings (SSSR count). The molecule has 10 heteroatoms. The zero-order valence-electron chi connectivity index (χ0n) is 18.3. The van der Waals surface area contributed by atoms with Crippen molar-refractivity contribution in [1.29, 1.82) is 0 Å². The number of aromatic nitrogens is 2. The predicted octanol–water partition coefficient (Wildman–Crippen LogP) is 5.71. The number of carbonyl (C=O) groups is 2. The maximum atomic E-state index is 12.2. The first-order valence-corrected chi connectivity index (χ1v) is 11.3. The lowest BCUT2D eigenvalue weighted by atomic mass is 10.2. The van der Waals surface area contributed by atoms with E-state index < -0.39 is 0 Å². The maximum Gasteiger partial charge on any atom is 0.254 e. The fourth-order valence-corrected chi connectivity index (χ4v) is 4.06. The molecule has 0 aliphatic rings. The monoisotopic (exact) mass is 493 g/mol. The average Bonchev–Trinajstić information content (AvgIpc) is 3.28. The maximum absolute atomic E-state index is 12.2. The Bertz CT molecular complexity index is 1400. The minimum atomic E-state index is -0.316. The first-order chi connectivity index (χ1) is 16.3. The molecule has 0 aliphatic carbocycles. The summed E-state index contributed by atoms with van der Waals surface area (Å²) in [6, 6.07) is 13.9. The van der Waals surface area contributed by atoms with Gasteiger partial charge in [0.05, 0.1) is 16.1 Å². The van der Waals surface area contributed by atoms with E-state index in [9.17, 15) is 9.59 Å². The van der Waals surface area contributed by atoms with Gasteiger partial charge < -0.3 is 20.3 Å². The summed E-state index contributed by atoms with van der Waals surface area (Å²) < 4.78 is 6.82. The zero-order chi connectivity index (χ0) is 24.2. The molecule has 0 aliphatic heterocycles. The van der Waals surface area contributed by atoms with Crippen molar-refractivity contribution in [3.05, 3.63) is 77.2 Å². The number of hydrogen-bond donors (Lipinski definition) is 2. The molecule has 34 heavy (non-hydrogen) atoms. The lowest BCUT2D eigenvalue weighted by Gasteiger charge is -2.13. The number of thiophene rings is 1. The van der Waals surface area contributed by atoms with E-state index in [1.165, 1.54) is 22.3 Å². The normalized spacial score (nSPS) is 10.6. The van der Waals surface area contributed by atoms with Gasteiger partial charge in [-0.1, -0.05) is 24.2 Å². The number of rotatable bonds is 7. The summed E-state index contributed by atoms with van der Waals surface area (Å²) in [6.45, 7) is 3.45. The summed E-state index contributed by atoms with van der Waals surface area (Å²) in [7, 11) is 3.33. The number of halogens is 1. The molecule has 2 amide bonds. The van der Waals surface area contributed by atoms with E-state index in [0.717, 1.165) is 4.70 Å². The molecular formula is C24H20ClN5O3S. The van der Waals surface area contributed by atoms with E-state index in [2.05, 4.69) is 27.2 Å². The van der Waals surface area contributed by atoms with Crippen molar-refractivity contribution in [3.63, 3.8) is 0 Å². The topological polar surface area (TPSA) is 96.4 Å². The average molecular weight is 494 g/mol. The van der Waals surface area contributed by atoms with Gasteiger partial charge in [-0.25, -0.2) is 4.98 Å². The van der Waals surface area contributed by atoms with E-state index in [0.29, 0.717) is 45.1 Å². The number of fused-ring (bicyclic) bond motifs is 1. The van der Waals surface area contributed by atoms with Crippen LogP contribution in [-0.4, -0.2) is 40.8 Å². The number of hydrogen-bond acceptors (Lipinski definition) is 7. The number of carbonyl (C=O) groups excluding carboxylic acids is 2. The van der Waals surface area contributed by atoms with Crippen LogP contribution in [0.1, 0.15) is 10.4 Å². The Labute approximate surface area is 204 Å². The van der Waals surface area contributed by atoms with Gasteiger partial charge in [0, 0.05) is 31.5 Å². The minimum absolute atomic E-state index is 0.185. The van der Waals surface area contributed by atoms with Gasteiger partial charge in [0.2, 0.25) is 17.7 Å². The number of benzene rings is 2. The highest BCUT2D eigenvalue weighted by molar-refractivity contribution is 7.17. The van der Waals surface area contributed by atoms with Gasteiger partial charge in [0.15, 0.2) is 0 Å². The van der Waals surface area contributed by atoms with E-state index in [-0.39, 0.29) is 11.8 Å². The highest BCUT2D eigenvalue weighted by atomic mass is 35.5. The van der Waals surface area contributed by atoms with E-state index in [4.69, 9.17) is 16.3 Å². The van der Waals surface area contributed by atoms with Crippen LogP contribution in [0.4, 0.5) is 17.3 Å². The fraction of sp³-hybridized carbons (Fsp3) is 0.0833. The molecule has 172 valence electrons. The number of amides is 2. The summed E-state index contributed by atoms with van der Waals surface area (Å²) in [5.74, 6) is 0.661. The smallest absolute Gasteiger partial charge is 0.254 e. The third-order valence-electron chi connectivity index (χ3n) is 4.64. The van der Waals surface area contributed by atoms with Gasteiger partial charge in [-0.15, -0.1) is 11.3 Å². The van der Waals surface area contributed by atoms with Crippen LogP contribution in [0.15, 0.2) is 66.6 Å². The Hall–Kier alpha value is -3.95. The molecular weight excluding hydrogens is 474 g/mol. The Morgan fingerprint density at radius 3 is 2.68 bits per heavy atom. The quantitative estimate of drug-likeness (QED) is 0.320. The predicted molar refractivity (Wildman–Crippen MR) is 136 cm³/mol. The van der Waals surface area contributed by atoms with Crippen molar-refractivity contribution in [2.24, 2.45) is 0 Å². The van der Waals surface area contributed by atoms with Crippen LogP contribution < -0.4 is 15.4 Å².